The molecule has 36 heavy (non-hydrogen) atoms. The molecule has 4 heteroatoms. The van der Waals surface area contributed by atoms with Crippen LogP contribution in [0.15, 0.2) is 60.7 Å². The third-order valence-electron chi connectivity index (χ3n) is 3.16. The predicted molar refractivity (Wildman–Crippen MR) is 165 cm³/mol. The lowest BCUT2D eigenvalue weighted by molar-refractivity contribution is 0.263. The van der Waals surface area contributed by atoms with Gasteiger partial charge in [0.2, 0.25) is 0 Å². The van der Waals surface area contributed by atoms with Crippen LogP contribution >= 0.6 is 0 Å². The molecule has 0 N–H and O–H groups in total. The first-order valence-corrected chi connectivity index (χ1v) is 12.9. The monoisotopic (exact) mass is 512 g/mol. The van der Waals surface area contributed by atoms with Gasteiger partial charge in [0.05, 0.1) is 13.2 Å². The van der Waals surface area contributed by atoms with Gasteiger partial charge in [0.15, 0.2) is 0 Å². The quantitative estimate of drug-likeness (QED) is 0.361. The average molecular weight is 513 g/mol. The molecular weight excluding hydrogens is 448 g/mol. The van der Waals surface area contributed by atoms with Gasteiger partial charge in [-0.2, -0.15) is 0 Å². The Morgan fingerprint density at radius 3 is 0.972 bits per heavy atom. The van der Waals surface area contributed by atoms with E-state index in [4.69, 9.17) is 18.9 Å². The fourth-order valence-corrected chi connectivity index (χ4v) is 1.74. The third-order valence-corrected chi connectivity index (χ3v) is 3.16. The van der Waals surface area contributed by atoms with Gasteiger partial charge in [-0.15, -0.1) is 0 Å². The zero-order chi connectivity index (χ0) is 25.7. The summed E-state index contributed by atoms with van der Waals surface area (Å²) in [6.07, 6.45) is 1.94. The summed E-state index contributed by atoms with van der Waals surface area (Å²) in [7, 11) is 0. The van der Waals surface area contributed by atoms with E-state index < -0.39 is 0 Å². The van der Waals surface area contributed by atoms with Crippen LogP contribution in [-0.2, 0) is 9.47 Å². The zero-order valence-electron chi connectivity index (χ0n) is 23.1. The molecule has 0 amide bonds. The molecule has 2 aliphatic rings. The highest BCUT2D eigenvalue weighted by Crippen LogP contribution is 2.14. The number of rotatable bonds is 6. The SMILES string of the molecule is C.C.C.CC.CC.CC.CC.CCC.c1ccc(OCC2CO2)cc1.c1ccc(OCC2CO2)cc1. The number of hydrogen-bond donors (Lipinski definition) is 0. The van der Waals surface area contributed by atoms with E-state index >= 15 is 0 Å². The van der Waals surface area contributed by atoms with E-state index in [1.54, 1.807) is 0 Å². The van der Waals surface area contributed by atoms with Crippen molar-refractivity contribution in [2.24, 2.45) is 0 Å². The van der Waals surface area contributed by atoms with Gasteiger partial charge in [0, 0.05) is 0 Å². The van der Waals surface area contributed by atoms with Crippen molar-refractivity contribution in [1.29, 1.82) is 0 Å². The minimum atomic E-state index is 0. The van der Waals surface area contributed by atoms with Crippen LogP contribution in [0.1, 0.15) is 97.9 Å². The normalized spacial score (nSPS) is 14.2. The molecule has 2 unspecified atom stereocenters. The van der Waals surface area contributed by atoms with Crippen molar-refractivity contribution in [2.75, 3.05) is 26.4 Å². The van der Waals surface area contributed by atoms with Gasteiger partial charge in [-0.25, -0.2) is 0 Å². The summed E-state index contributed by atoms with van der Waals surface area (Å²) in [5.41, 5.74) is 0. The third kappa shape index (κ3) is 34.1. The summed E-state index contributed by atoms with van der Waals surface area (Å²) in [4.78, 5) is 0. The van der Waals surface area contributed by atoms with E-state index in [1.165, 1.54) is 6.42 Å². The van der Waals surface area contributed by atoms with Crippen LogP contribution in [0.5, 0.6) is 11.5 Å². The maximum Gasteiger partial charge on any atom is 0.119 e. The Morgan fingerprint density at radius 2 is 0.778 bits per heavy atom. The minimum Gasteiger partial charge on any atom is -0.491 e. The number of benzene rings is 2. The van der Waals surface area contributed by atoms with E-state index in [0.717, 1.165) is 24.7 Å². The van der Waals surface area contributed by atoms with Crippen molar-refractivity contribution >= 4 is 0 Å². The molecule has 0 saturated carbocycles. The minimum absolute atomic E-state index is 0. The summed E-state index contributed by atoms with van der Waals surface area (Å²) < 4.78 is 20.8. The van der Waals surface area contributed by atoms with E-state index in [0.29, 0.717) is 25.4 Å². The van der Waals surface area contributed by atoms with Gasteiger partial charge in [-0.3, -0.25) is 0 Å². The Balaban J connectivity index is -0.0000000854. The Labute approximate surface area is 227 Å². The molecule has 0 aliphatic carbocycles. The zero-order valence-corrected chi connectivity index (χ0v) is 23.1. The molecular formula is C32H64O4. The van der Waals surface area contributed by atoms with Crippen molar-refractivity contribution in [3.05, 3.63) is 60.7 Å². The van der Waals surface area contributed by atoms with Gasteiger partial charge in [0.25, 0.3) is 0 Å². The molecule has 0 aromatic heterocycles. The molecule has 2 atom stereocenters. The van der Waals surface area contributed by atoms with Gasteiger partial charge in [0.1, 0.15) is 36.9 Å². The maximum atomic E-state index is 5.40. The van der Waals surface area contributed by atoms with E-state index in [1.807, 2.05) is 116 Å². The molecule has 2 fully saturated rings. The summed E-state index contributed by atoms with van der Waals surface area (Å²) >= 11 is 0. The van der Waals surface area contributed by atoms with Crippen LogP contribution in [-0.4, -0.2) is 38.6 Å². The molecule has 4 nitrogen and oxygen atoms in total. The second-order valence-corrected chi connectivity index (χ2v) is 5.87. The van der Waals surface area contributed by atoms with Gasteiger partial charge < -0.3 is 18.9 Å². The highest BCUT2D eigenvalue weighted by Gasteiger charge is 2.23. The van der Waals surface area contributed by atoms with E-state index in [-0.39, 0.29) is 22.3 Å². The fourth-order valence-electron chi connectivity index (χ4n) is 1.74. The van der Waals surface area contributed by atoms with Crippen LogP contribution in [0.2, 0.25) is 0 Å². The number of hydrogen-bond acceptors (Lipinski definition) is 4. The van der Waals surface area contributed by atoms with Crippen molar-refractivity contribution < 1.29 is 18.9 Å². The molecule has 2 heterocycles. The summed E-state index contributed by atoms with van der Waals surface area (Å²) in [5.74, 6) is 1.84. The molecule has 2 saturated heterocycles. The lowest BCUT2D eigenvalue weighted by atomic mass is 10.3. The molecule has 0 spiro atoms. The average Bonchev–Trinajstić information content (AvgIpc) is 3.84. The topological polar surface area (TPSA) is 43.5 Å². The Morgan fingerprint density at radius 1 is 0.556 bits per heavy atom. The van der Waals surface area contributed by atoms with Gasteiger partial charge in [-0.1, -0.05) is 134 Å². The lowest BCUT2D eigenvalue weighted by Crippen LogP contribution is -2.03. The standard InChI is InChI=1S/2C9H10O2.C3H8.4C2H6.3CH4/c2*1-2-4-8(5-3-1)10-6-9-7-11-9;1-3-2;4*1-2;;;/h2*1-5,9H,6-7H2;3H2,1-2H3;4*1-2H3;3*1H4. The molecule has 2 aromatic rings. The first-order chi connectivity index (χ1) is 16.3. The Hall–Kier alpha value is -2.04. The fraction of sp³-hybridized carbons (Fsp3) is 0.625. The first-order valence-electron chi connectivity index (χ1n) is 12.9. The highest BCUT2D eigenvalue weighted by molar-refractivity contribution is 5.21. The van der Waals surface area contributed by atoms with Crippen LogP contribution in [0.25, 0.3) is 0 Å². The van der Waals surface area contributed by atoms with Gasteiger partial charge >= 0.3 is 0 Å². The lowest BCUT2D eigenvalue weighted by Gasteiger charge is -2.01. The number of para-hydroxylation sites is 2. The largest absolute Gasteiger partial charge is 0.491 e. The molecule has 2 aromatic carbocycles. The predicted octanol–water partition coefficient (Wildman–Crippen LogP) is 10.4. The van der Waals surface area contributed by atoms with Crippen LogP contribution in [0, 0.1) is 0 Å². The Bertz CT molecular complexity index is 501. The first kappa shape index (κ1) is 47.2. The summed E-state index contributed by atoms with van der Waals surface area (Å²) in [5, 5.41) is 0. The molecule has 216 valence electrons. The smallest absolute Gasteiger partial charge is 0.119 e. The summed E-state index contributed by atoms with van der Waals surface area (Å²) in [6.45, 7) is 23.3. The molecule has 0 bridgehead atoms. The van der Waals surface area contributed by atoms with Gasteiger partial charge in [-0.05, 0) is 24.3 Å². The number of ether oxygens (including phenoxy) is 4. The second kappa shape index (κ2) is 40.1. The highest BCUT2D eigenvalue weighted by atomic mass is 16.6. The Kier molecular flexibility index (Phi) is 52.6. The van der Waals surface area contributed by atoms with Crippen molar-refractivity contribution in [3.8, 4) is 11.5 Å². The van der Waals surface area contributed by atoms with Crippen LogP contribution in [0.3, 0.4) is 0 Å². The summed E-state index contributed by atoms with van der Waals surface area (Å²) in [6, 6.07) is 19.6. The van der Waals surface area contributed by atoms with E-state index in [9.17, 15) is 0 Å². The van der Waals surface area contributed by atoms with Crippen molar-refractivity contribution in [3.63, 3.8) is 0 Å². The maximum absolute atomic E-state index is 5.40. The van der Waals surface area contributed by atoms with Crippen molar-refractivity contribution in [1.82, 2.24) is 0 Å². The molecule has 4 rings (SSSR count). The second-order valence-electron chi connectivity index (χ2n) is 5.87. The van der Waals surface area contributed by atoms with Crippen LogP contribution < -0.4 is 9.47 Å². The van der Waals surface area contributed by atoms with Crippen LogP contribution in [0.4, 0.5) is 0 Å². The van der Waals surface area contributed by atoms with E-state index in [2.05, 4.69) is 13.8 Å². The molecule has 2 aliphatic heterocycles. The molecule has 0 radical (unpaired) electrons. The number of epoxide rings is 2. The van der Waals surface area contributed by atoms with Crippen molar-refractivity contribution in [2.45, 2.75) is 110 Å².